The maximum Gasteiger partial charge on any atom is 0.347 e. The molecular weight excluding hydrogens is 755 g/mol. The maximum atomic E-state index is 12.4. The van der Waals surface area contributed by atoms with E-state index in [1.165, 1.54) is 34.6 Å². The molecule has 18 unspecified atom stereocenters. The largest absolute Gasteiger partial charge is 0.394 e. The first-order chi connectivity index (χ1) is 24.7. The van der Waals surface area contributed by atoms with Crippen LogP contribution < -0.4 is 11.5 Å². The molecule has 18 atom stereocenters. The lowest BCUT2D eigenvalue weighted by Gasteiger charge is -2.48. The number of nitrogens with two attached hydrogens (primary N) is 2. The van der Waals surface area contributed by atoms with Crippen LogP contribution in [0, 0.1) is 0 Å². The highest BCUT2D eigenvalue weighted by atomic mass is 31.2. The standard InChI is InChI=1S/C30H55N2O21P/c1-10-15(36)12(6-11(35)22(47-10)52-25-29(42)28(41,30(25,29)43)9-46-54(44,45)27(4,5)32)48-23-19(40)20(17(38)14(8-34)49-23)51-24-21(53-26(2,3)31)18(39)16(37)13(7-33)50-24/h10-25,33-43H,6-9,31-32H2,1-5H3,(H,44,45). The Kier molecular flexibility index (Phi) is 12.5. The third kappa shape index (κ3) is 7.55. The lowest BCUT2D eigenvalue weighted by molar-refractivity contribution is -0.374. The second kappa shape index (κ2) is 15.2. The number of fused-ring (bicyclic) bond motifs is 1. The predicted molar refractivity (Wildman–Crippen MR) is 173 cm³/mol. The van der Waals surface area contributed by atoms with Crippen molar-refractivity contribution in [2.75, 3.05) is 19.8 Å². The van der Waals surface area contributed by atoms with Crippen LogP contribution in [0.5, 0.6) is 0 Å². The Morgan fingerprint density at radius 3 is 1.83 bits per heavy atom. The van der Waals surface area contributed by atoms with Gasteiger partial charge in [0.15, 0.2) is 35.7 Å². The molecule has 0 aromatic rings. The van der Waals surface area contributed by atoms with Crippen molar-refractivity contribution in [1.29, 1.82) is 0 Å². The Morgan fingerprint density at radius 1 is 0.741 bits per heavy atom. The summed E-state index contributed by atoms with van der Waals surface area (Å²) < 4.78 is 57.0. The number of hydrogen-bond donors (Lipinski definition) is 14. The highest BCUT2D eigenvalue weighted by Crippen LogP contribution is 2.79. The number of ether oxygens (including phenoxy) is 7. The van der Waals surface area contributed by atoms with E-state index in [4.69, 9.17) is 49.1 Å². The summed E-state index contributed by atoms with van der Waals surface area (Å²) in [6.07, 6.45) is -26.4. The van der Waals surface area contributed by atoms with Crippen molar-refractivity contribution < 1.29 is 103 Å². The zero-order chi connectivity index (χ0) is 40.7. The van der Waals surface area contributed by atoms with Crippen LogP contribution >= 0.6 is 7.60 Å². The normalized spacial score (nSPS) is 50.9. The van der Waals surface area contributed by atoms with Crippen LogP contribution in [0.15, 0.2) is 0 Å². The quantitative estimate of drug-likeness (QED) is 0.0572. The second-order valence-corrected chi connectivity index (χ2v) is 18.2. The molecule has 0 radical (unpaired) electrons. The highest BCUT2D eigenvalue weighted by molar-refractivity contribution is 7.54. The molecule has 3 heterocycles. The van der Waals surface area contributed by atoms with Crippen LogP contribution in [-0.2, 0) is 42.2 Å². The Bertz CT molecular complexity index is 1360. The average Bonchev–Trinajstić information content (AvgIpc) is 3.76. The molecule has 2 aliphatic carbocycles. The fraction of sp³-hybridized carbons (Fsp3) is 1.00. The van der Waals surface area contributed by atoms with E-state index in [-0.39, 0.29) is 0 Å². The first kappa shape index (κ1) is 44.5. The first-order valence-corrected chi connectivity index (χ1v) is 18.9. The summed E-state index contributed by atoms with van der Waals surface area (Å²) >= 11 is 0. The van der Waals surface area contributed by atoms with Gasteiger partial charge in [0.1, 0.15) is 78.1 Å². The topological polar surface area (TPSA) is 386 Å². The predicted octanol–water partition coefficient (Wildman–Crippen LogP) is -6.93. The fourth-order valence-electron chi connectivity index (χ4n) is 7.02. The number of hydrogen-bond acceptors (Lipinski definition) is 22. The summed E-state index contributed by atoms with van der Waals surface area (Å²) in [5, 5.41) is 116. The van der Waals surface area contributed by atoms with Gasteiger partial charge in [0.2, 0.25) is 0 Å². The molecular formula is C30H55N2O21P. The van der Waals surface area contributed by atoms with Gasteiger partial charge >= 0.3 is 7.60 Å². The lowest BCUT2D eigenvalue weighted by atomic mass is 9.96. The van der Waals surface area contributed by atoms with Crippen molar-refractivity contribution in [2.45, 2.75) is 167 Å². The van der Waals surface area contributed by atoms with E-state index in [1.807, 2.05) is 0 Å². The lowest BCUT2D eigenvalue weighted by Crippen LogP contribution is -2.66. The summed E-state index contributed by atoms with van der Waals surface area (Å²) in [5.74, 6) is 0. The molecule has 0 bridgehead atoms. The highest BCUT2D eigenvalue weighted by Gasteiger charge is 3.10. The van der Waals surface area contributed by atoms with Gasteiger partial charge in [-0.25, -0.2) is 0 Å². The minimum atomic E-state index is -4.51. The molecule has 2 saturated carbocycles. The average molecular weight is 811 g/mol. The van der Waals surface area contributed by atoms with Gasteiger partial charge in [0.05, 0.1) is 32.0 Å². The van der Waals surface area contributed by atoms with Crippen LogP contribution in [0.25, 0.3) is 0 Å². The van der Waals surface area contributed by atoms with Crippen molar-refractivity contribution in [3.63, 3.8) is 0 Å². The summed E-state index contributed by atoms with van der Waals surface area (Å²) in [4.78, 5) is 10.0. The summed E-state index contributed by atoms with van der Waals surface area (Å²) in [6, 6.07) is 0. The summed E-state index contributed by atoms with van der Waals surface area (Å²) in [6.45, 7) is 3.99. The van der Waals surface area contributed by atoms with Crippen molar-refractivity contribution in [3.05, 3.63) is 0 Å². The van der Waals surface area contributed by atoms with Crippen molar-refractivity contribution in [3.8, 4) is 0 Å². The molecule has 0 spiro atoms. The van der Waals surface area contributed by atoms with E-state index < -0.39 is 160 Å². The van der Waals surface area contributed by atoms with E-state index in [9.17, 15) is 65.6 Å². The molecule has 3 saturated heterocycles. The zero-order valence-corrected chi connectivity index (χ0v) is 31.1. The number of aliphatic hydroxyl groups excluding tert-OH is 8. The minimum Gasteiger partial charge on any atom is -0.394 e. The van der Waals surface area contributed by atoms with Crippen LogP contribution in [0.3, 0.4) is 0 Å². The first-order valence-electron chi connectivity index (χ1n) is 17.3. The van der Waals surface area contributed by atoms with Crippen LogP contribution in [0.4, 0.5) is 0 Å². The molecule has 54 heavy (non-hydrogen) atoms. The third-order valence-corrected chi connectivity index (χ3v) is 12.5. The molecule has 0 aromatic heterocycles. The number of aliphatic hydroxyl groups is 11. The molecule has 16 N–H and O–H groups in total. The van der Waals surface area contributed by atoms with Gasteiger partial charge in [0.25, 0.3) is 0 Å². The molecule has 0 aromatic carbocycles. The third-order valence-electron chi connectivity index (χ3n) is 10.6. The summed E-state index contributed by atoms with van der Waals surface area (Å²) in [7, 11) is -4.51. The van der Waals surface area contributed by atoms with Crippen LogP contribution in [0.2, 0.25) is 0 Å². The van der Waals surface area contributed by atoms with Crippen molar-refractivity contribution >= 4 is 7.60 Å². The van der Waals surface area contributed by atoms with Gasteiger partial charge in [-0.05, 0) is 34.6 Å². The Hall–Kier alpha value is -0.650. The van der Waals surface area contributed by atoms with Gasteiger partial charge in [0, 0.05) is 6.42 Å². The molecule has 316 valence electrons. The van der Waals surface area contributed by atoms with E-state index in [2.05, 4.69) is 0 Å². The fourth-order valence-corrected chi connectivity index (χ4v) is 7.72. The molecule has 3 aliphatic heterocycles. The van der Waals surface area contributed by atoms with Gasteiger partial charge in [-0.15, -0.1) is 0 Å². The molecule has 0 amide bonds. The number of rotatable bonds is 14. The second-order valence-electron chi connectivity index (χ2n) is 15.7. The van der Waals surface area contributed by atoms with E-state index >= 15 is 0 Å². The summed E-state index contributed by atoms with van der Waals surface area (Å²) in [5.41, 5.74) is 2.94. The SMILES string of the molecule is CC1OC(OC2C3(O)C(O)(COP(=O)(O)C(C)(C)N)C23O)C(O)CC(OC2OC(CO)C(O)C(OC3OC(CO)C(O)C(O)C3OC(C)(C)N)C2O)C1O. The van der Waals surface area contributed by atoms with Crippen LogP contribution in [0.1, 0.15) is 41.0 Å². The minimum absolute atomic E-state index is 0.508. The maximum absolute atomic E-state index is 12.4. The molecule has 5 aliphatic rings. The van der Waals surface area contributed by atoms with E-state index in [1.54, 1.807) is 0 Å². The molecule has 24 heteroatoms. The van der Waals surface area contributed by atoms with Crippen molar-refractivity contribution in [2.24, 2.45) is 11.5 Å². The molecule has 23 nitrogen and oxygen atoms in total. The van der Waals surface area contributed by atoms with Crippen molar-refractivity contribution in [1.82, 2.24) is 0 Å². The molecule has 5 fully saturated rings. The Morgan fingerprint density at radius 2 is 1.30 bits per heavy atom. The Labute approximate surface area is 309 Å². The Balaban J connectivity index is 1.26. The van der Waals surface area contributed by atoms with Gasteiger partial charge in [-0.3, -0.25) is 4.57 Å². The van der Waals surface area contributed by atoms with E-state index in [0.717, 1.165) is 0 Å². The molecule has 5 rings (SSSR count). The monoisotopic (exact) mass is 810 g/mol. The van der Waals surface area contributed by atoms with Gasteiger partial charge < -0.3 is 110 Å². The smallest absolute Gasteiger partial charge is 0.347 e. The van der Waals surface area contributed by atoms with Gasteiger partial charge in [-0.1, -0.05) is 0 Å². The van der Waals surface area contributed by atoms with Gasteiger partial charge in [-0.2, -0.15) is 0 Å². The van der Waals surface area contributed by atoms with Crippen LogP contribution in [-0.4, -0.2) is 207 Å². The zero-order valence-electron chi connectivity index (χ0n) is 30.2. The van der Waals surface area contributed by atoms with E-state index in [0.29, 0.717) is 0 Å².